The molecule has 2 aromatic rings. The van der Waals surface area contributed by atoms with Gasteiger partial charge in [-0.15, -0.1) is 11.3 Å². The number of carbonyl (C=O) groups is 2. The van der Waals surface area contributed by atoms with E-state index in [1.807, 2.05) is 18.2 Å². The zero-order chi connectivity index (χ0) is 20.3. The maximum atomic E-state index is 12.5. The highest BCUT2D eigenvalue weighted by Crippen LogP contribution is 2.38. The number of halogens is 1. The highest BCUT2D eigenvalue weighted by molar-refractivity contribution is 7.90. The molecular weight excluding hydrogens is 422 g/mol. The molecule has 0 saturated carbocycles. The van der Waals surface area contributed by atoms with Gasteiger partial charge in [0.2, 0.25) is 5.91 Å². The first kappa shape index (κ1) is 20.8. The topological polar surface area (TPSA) is 89.5 Å². The van der Waals surface area contributed by atoms with Crippen LogP contribution in [-0.4, -0.2) is 32.7 Å². The molecule has 1 N–H and O–H groups in total. The van der Waals surface area contributed by atoms with Gasteiger partial charge in [-0.25, -0.2) is 13.2 Å². The van der Waals surface area contributed by atoms with Gasteiger partial charge in [-0.3, -0.25) is 4.79 Å². The molecule has 1 aromatic heterocycles. The lowest BCUT2D eigenvalue weighted by molar-refractivity contribution is -0.116. The predicted octanol–water partition coefficient (Wildman–Crippen LogP) is 3.62. The normalized spacial score (nSPS) is 14.9. The van der Waals surface area contributed by atoms with Gasteiger partial charge in [0.1, 0.15) is 5.00 Å². The number of thiophene rings is 1. The lowest BCUT2D eigenvalue weighted by Gasteiger charge is -2.13. The van der Waals surface area contributed by atoms with E-state index in [1.54, 1.807) is 13.0 Å². The molecule has 1 aliphatic rings. The Kier molecular flexibility index (Phi) is 6.42. The van der Waals surface area contributed by atoms with Crippen molar-refractivity contribution in [3.8, 4) is 0 Å². The van der Waals surface area contributed by atoms with Gasteiger partial charge in [-0.2, -0.15) is 0 Å². The number of sulfone groups is 1. The van der Waals surface area contributed by atoms with E-state index in [4.69, 9.17) is 16.3 Å². The van der Waals surface area contributed by atoms with Gasteiger partial charge >= 0.3 is 5.97 Å². The molecule has 2 heterocycles. The zero-order valence-corrected chi connectivity index (χ0v) is 17.7. The largest absolute Gasteiger partial charge is 0.462 e. The minimum Gasteiger partial charge on any atom is -0.462 e. The highest BCUT2D eigenvalue weighted by atomic mass is 35.5. The molecule has 0 aliphatic carbocycles. The minimum absolute atomic E-state index is 0.0109. The fraction of sp³-hybridized carbons (Fsp3) is 0.368. The van der Waals surface area contributed by atoms with Crippen LogP contribution in [0.25, 0.3) is 0 Å². The Labute approximate surface area is 172 Å². The van der Waals surface area contributed by atoms with Gasteiger partial charge in [0, 0.05) is 16.3 Å². The number of aryl methyl sites for hydroxylation is 1. The van der Waals surface area contributed by atoms with E-state index in [0.717, 1.165) is 16.9 Å². The molecule has 0 saturated heterocycles. The number of esters is 1. The molecule has 0 fully saturated rings. The highest BCUT2D eigenvalue weighted by Gasteiger charge is 2.31. The summed E-state index contributed by atoms with van der Waals surface area (Å²) in [5.41, 5.74) is 1.81. The molecule has 150 valence electrons. The molecule has 1 aliphatic heterocycles. The van der Waals surface area contributed by atoms with Crippen molar-refractivity contribution >= 4 is 49.7 Å². The Bertz CT molecular complexity index is 1010. The van der Waals surface area contributed by atoms with E-state index in [1.165, 1.54) is 0 Å². The lowest BCUT2D eigenvalue weighted by Crippen LogP contribution is -2.20. The first-order valence-electron chi connectivity index (χ1n) is 8.86. The fourth-order valence-electron chi connectivity index (χ4n) is 3.07. The summed E-state index contributed by atoms with van der Waals surface area (Å²) in [7, 11) is -3.19. The third-order valence-corrected chi connectivity index (χ3v) is 7.67. The Morgan fingerprint density at radius 3 is 2.75 bits per heavy atom. The molecular formula is C19H20ClNO5S2. The summed E-state index contributed by atoms with van der Waals surface area (Å²) in [6.07, 6.45) is 0.893. The van der Waals surface area contributed by atoms with Crippen molar-refractivity contribution in [3.05, 3.63) is 50.9 Å². The van der Waals surface area contributed by atoms with Gasteiger partial charge in [0.15, 0.2) is 9.84 Å². The summed E-state index contributed by atoms with van der Waals surface area (Å²) in [4.78, 5) is 25.5. The second-order valence-corrected chi connectivity index (χ2v) is 10.1. The van der Waals surface area contributed by atoms with Crippen molar-refractivity contribution in [2.24, 2.45) is 0 Å². The van der Waals surface area contributed by atoms with Crippen molar-refractivity contribution in [1.29, 1.82) is 0 Å². The molecule has 1 aromatic carbocycles. The van der Waals surface area contributed by atoms with Crippen LogP contribution in [0.4, 0.5) is 5.00 Å². The van der Waals surface area contributed by atoms with Crippen LogP contribution in [-0.2, 0) is 38.0 Å². The summed E-state index contributed by atoms with van der Waals surface area (Å²) < 4.78 is 29.0. The summed E-state index contributed by atoms with van der Waals surface area (Å²) in [6, 6.07) is 7.29. The fourth-order valence-corrected chi connectivity index (χ4v) is 6.35. The number of nitrogens with one attached hydrogen (secondary N) is 1. The molecule has 0 unspecified atom stereocenters. The second kappa shape index (κ2) is 8.63. The van der Waals surface area contributed by atoms with Gasteiger partial charge in [0.05, 0.1) is 23.7 Å². The average Bonchev–Trinajstić information content (AvgIpc) is 2.96. The van der Waals surface area contributed by atoms with Crippen LogP contribution in [0.5, 0.6) is 0 Å². The van der Waals surface area contributed by atoms with Crippen LogP contribution in [0.1, 0.15) is 39.7 Å². The van der Waals surface area contributed by atoms with Crippen molar-refractivity contribution < 1.29 is 22.7 Å². The summed E-state index contributed by atoms with van der Waals surface area (Å²) in [6.45, 7) is 1.89. The number of ether oxygens (including phenoxy) is 1. The number of anilines is 1. The van der Waals surface area contributed by atoms with Crippen LogP contribution in [0.3, 0.4) is 0 Å². The smallest absolute Gasteiger partial charge is 0.341 e. The van der Waals surface area contributed by atoms with Gasteiger partial charge < -0.3 is 10.1 Å². The summed E-state index contributed by atoms with van der Waals surface area (Å²) in [5.74, 6) is -0.939. The molecule has 9 heteroatoms. The first-order valence-corrected chi connectivity index (χ1v) is 11.9. The first-order chi connectivity index (χ1) is 13.3. The molecule has 0 spiro atoms. The maximum Gasteiger partial charge on any atom is 0.341 e. The molecule has 3 rings (SSSR count). The average molecular weight is 442 g/mol. The van der Waals surface area contributed by atoms with E-state index in [0.29, 0.717) is 26.9 Å². The van der Waals surface area contributed by atoms with E-state index in [2.05, 4.69) is 5.32 Å². The Hall–Kier alpha value is -1.90. The van der Waals surface area contributed by atoms with Crippen LogP contribution in [0, 0.1) is 0 Å². The number of rotatable bonds is 6. The predicted molar refractivity (Wildman–Crippen MR) is 110 cm³/mol. The number of carbonyl (C=O) groups excluding carboxylic acids is 2. The van der Waals surface area contributed by atoms with Crippen molar-refractivity contribution in [1.82, 2.24) is 0 Å². The van der Waals surface area contributed by atoms with E-state index in [9.17, 15) is 18.0 Å². The minimum atomic E-state index is -3.19. The number of hydrogen-bond acceptors (Lipinski definition) is 6. The van der Waals surface area contributed by atoms with Gasteiger partial charge in [-0.1, -0.05) is 29.8 Å². The Balaban J connectivity index is 1.80. The molecule has 0 atom stereocenters. The van der Waals surface area contributed by atoms with Gasteiger partial charge in [0.25, 0.3) is 0 Å². The molecule has 6 nitrogen and oxygen atoms in total. The van der Waals surface area contributed by atoms with Crippen LogP contribution >= 0.6 is 22.9 Å². The molecule has 1 amide bonds. The quantitative estimate of drug-likeness (QED) is 0.691. The maximum absolute atomic E-state index is 12.5. The summed E-state index contributed by atoms with van der Waals surface area (Å²) in [5, 5.41) is 3.71. The third-order valence-electron chi connectivity index (χ3n) is 4.42. The molecule has 28 heavy (non-hydrogen) atoms. The number of benzene rings is 1. The van der Waals surface area contributed by atoms with E-state index in [-0.39, 0.29) is 42.4 Å². The second-order valence-electron chi connectivity index (χ2n) is 6.41. The summed E-state index contributed by atoms with van der Waals surface area (Å²) >= 11 is 7.25. The van der Waals surface area contributed by atoms with E-state index < -0.39 is 15.8 Å². The van der Waals surface area contributed by atoms with Crippen LogP contribution < -0.4 is 5.32 Å². The Morgan fingerprint density at radius 1 is 1.29 bits per heavy atom. The molecule has 0 radical (unpaired) electrons. The number of hydrogen-bond donors (Lipinski definition) is 1. The number of fused-ring (bicyclic) bond motifs is 1. The standard InChI is InChI=1S/C19H20ClNO5S2/c1-2-26-19(23)17-13-9-10-28(24,25)11-15(13)27-18(17)21-16(22)8-7-12-5-3-4-6-14(12)20/h3-6H,2,7-11H2,1H3,(H,21,22). The SMILES string of the molecule is CCOC(=O)c1c(NC(=O)CCc2ccccc2Cl)sc2c1CCS(=O)(=O)C2. The van der Waals surface area contributed by atoms with Crippen molar-refractivity contribution in [2.75, 3.05) is 17.7 Å². The van der Waals surface area contributed by atoms with Crippen molar-refractivity contribution in [3.63, 3.8) is 0 Å². The zero-order valence-electron chi connectivity index (χ0n) is 15.3. The monoisotopic (exact) mass is 441 g/mol. The Morgan fingerprint density at radius 2 is 2.04 bits per heavy atom. The van der Waals surface area contributed by atoms with Crippen LogP contribution in [0.15, 0.2) is 24.3 Å². The van der Waals surface area contributed by atoms with Crippen molar-refractivity contribution in [2.45, 2.75) is 31.9 Å². The third kappa shape index (κ3) is 4.74. The molecule has 0 bridgehead atoms. The van der Waals surface area contributed by atoms with E-state index >= 15 is 0 Å². The van der Waals surface area contributed by atoms with Crippen LogP contribution in [0.2, 0.25) is 5.02 Å². The van der Waals surface area contributed by atoms with Gasteiger partial charge in [-0.05, 0) is 37.0 Å². The number of amides is 1. The lowest BCUT2D eigenvalue weighted by atomic mass is 10.1.